The van der Waals surface area contributed by atoms with Crippen LogP contribution in [0, 0.1) is 0 Å². The second-order valence-electron chi connectivity index (χ2n) is 4.51. The molecular weight excluding hydrogens is 188 g/mol. The molecule has 1 fully saturated rings. The van der Waals surface area contributed by atoms with Crippen LogP contribution >= 0.6 is 0 Å². The summed E-state index contributed by atoms with van der Waals surface area (Å²) in [5.41, 5.74) is 0. The lowest BCUT2D eigenvalue weighted by Gasteiger charge is -2.24. The van der Waals surface area contributed by atoms with Crippen molar-refractivity contribution < 1.29 is 4.74 Å². The molecule has 1 rings (SSSR count). The van der Waals surface area contributed by atoms with E-state index >= 15 is 0 Å². The van der Waals surface area contributed by atoms with Crippen molar-refractivity contribution in [3.05, 3.63) is 0 Å². The van der Waals surface area contributed by atoms with E-state index in [1.54, 1.807) is 0 Å². The maximum atomic E-state index is 5.41. The summed E-state index contributed by atoms with van der Waals surface area (Å²) in [5.74, 6) is 0. The van der Waals surface area contributed by atoms with E-state index in [-0.39, 0.29) is 0 Å². The zero-order chi connectivity index (χ0) is 10.9. The maximum absolute atomic E-state index is 5.41. The van der Waals surface area contributed by atoms with Gasteiger partial charge >= 0.3 is 0 Å². The molecular formula is C12H26N2O. The molecule has 90 valence electrons. The average molecular weight is 214 g/mol. The molecule has 0 radical (unpaired) electrons. The van der Waals surface area contributed by atoms with Gasteiger partial charge < -0.3 is 15.4 Å². The lowest BCUT2D eigenvalue weighted by molar-refractivity contribution is 0.0740. The van der Waals surface area contributed by atoms with E-state index in [2.05, 4.69) is 24.5 Å². The van der Waals surface area contributed by atoms with E-state index in [9.17, 15) is 0 Å². The van der Waals surface area contributed by atoms with Crippen molar-refractivity contribution >= 4 is 0 Å². The summed E-state index contributed by atoms with van der Waals surface area (Å²) >= 11 is 0. The number of unbranched alkanes of at least 4 members (excludes halogenated alkanes) is 1. The summed E-state index contributed by atoms with van der Waals surface area (Å²) in [7, 11) is 0. The summed E-state index contributed by atoms with van der Waals surface area (Å²) in [6.45, 7) is 8.39. The van der Waals surface area contributed by atoms with Gasteiger partial charge in [0.05, 0.1) is 13.2 Å². The van der Waals surface area contributed by atoms with E-state index in [0.29, 0.717) is 12.1 Å². The molecule has 2 atom stereocenters. The van der Waals surface area contributed by atoms with E-state index in [1.165, 1.54) is 25.7 Å². The first-order chi connectivity index (χ1) is 7.33. The van der Waals surface area contributed by atoms with Crippen LogP contribution in [0.4, 0.5) is 0 Å². The molecule has 1 aliphatic rings. The first-order valence-electron chi connectivity index (χ1n) is 6.37. The van der Waals surface area contributed by atoms with Gasteiger partial charge in [-0.25, -0.2) is 0 Å². The number of nitrogens with one attached hydrogen (secondary N) is 2. The summed E-state index contributed by atoms with van der Waals surface area (Å²) < 4.78 is 5.41. The molecule has 3 heteroatoms. The minimum absolute atomic E-state index is 0.560. The van der Waals surface area contributed by atoms with Gasteiger partial charge in [0.15, 0.2) is 0 Å². The molecule has 1 aliphatic heterocycles. The number of rotatable bonds is 7. The fourth-order valence-corrected chi connectivity index (χ4v) is 1.92. The minimum Gasteiger partial charge on any atom is -0.379 e. The van der Waals surface area contributed by atoms with Gasteiger partial charge in [-0.15, -0.1) is 0 Å². The standard InChI is InChI=1S/C12H26N2O/c1-3-4-5-11(2)13-7-6-12-10-15-9-8-14-12/h11-14H,3-10H2,1-2H3. The minimum atomic E-state index is 0.560. The van der Waals surface area contributed by atoms with Gasteiger partial charge in [0, 0.05) is 18.6 Å². The normalized spacial score (nSPS) is 24.0. The molecule has 0 aromatic heterocycles. The summed E-state index contributed by atoms with van der Waals surface area (Å²) in [6, 6.07) is 1.22. The molecule has 0 amide bonds. The van der Waals surface area contributed by atoms with E-state index in [0.717, 1.165) is 26.3 Å². The van der Waals surface area contributed by atoms with Crippen LogP contribution in [0.15, 0.2) is 0 Å². The zero-order valence-corrected chi connectivity index (χ0v) is 10.2. The molecule has 15 heavy (non-hydrogen) atoms. The molecule has 0 aromatic carbocycles. The van der Waals surface area contributed by atoms with Crippen molar-refractivity contribution in [3.63, 3.8) is 0 Å². The Morgan fingerprint density at radius 2 is 2.40 bits per heavy atom. The molecule has 2 unspecified atom stereocenters. The number of hydrogen-bond donors (Lipinski definition) is 2. The topological polar surface area (TPSA) is 33.3 Å². The van der Waals surface area contributed by atoms with Gasteiger partial charge in [0.2, 0.25) is 0 Å². The van der Waals surface area contributed by atoms with Crippen LogP contribution in [0.2, 0.25) is 0 Å². The highest BCUT2D eigenvalue weighted by molar-refractivity contribution is 4.72. The van der Waals surface area contributed by atoms with Crippen LogP contribution in [-0.2, 0) is 4.74 Å². The quantitative estimate of drug-likeness (QED) is 0.674. The Labute approximate surface area is 94.0 Å². The van der Waals surface area contributed by atoms with Crippen LogP contribution in [0.5, 0.6) is 0 Å². The van der Waals surface area contributed by atoms with Crippen molar-refractivity contribution in [2.45, 2.75) is 51.6 Å². The van der Waals surface area contributed by atoms with Crippen LogP contribution in [0.3, 0.4) is 0 Å². The Hall–Kier alpha value is -0.120. The predicted molar refractivity (Wildman–Crippen MR) is 64.2 cm³/mol. The molecule has 0 aliphatic carbocycles. The number of hydrogen-bond acceptors (Lipinski definition) is 3. The summed E-state index contributed by atoms with van der Waals surface area (Å²) in [6.07, 6.45) is 5.10. The van der Waals surface area contributed by atoms with Gasteiger partial charge in [-0.3, -0.25) is 0 Å². The Bertz CT molecular complexity index is 147. The van der Waals surface area contributed by atoms with Crippen LogP contribution < -0.4 is 10.6 Å². The second-order valence-corrected chi connectivity index (χ2v) is 4.51. The van der Waals surface area contributed by atoms with Crippen LogP contribution in [0.1, 0.15) is 39.5 Å². The highest BCUT2D eigenvalue weighted by Gasteiger charge is 2.12. The average Bonchev–Trinajstić information content (AvgIpc) is 2.28. The zero-order valence-electron chi connectivity index (χ0n) is 10.2. The maximum Gasteiger partial charge on any atom is 0.0620 e. The van der Waals surface area contributed by atoms with Gasteiger partial charge in [0.25, 0.3) is 0 Å². The predicted octanol–water partition coefficient (Wildman–Crippen LogP) is 1.53. The SMILES string of the molecule is CCCCC(C)NCCC1COCCN1. The first-order valence-corrected chi connectivity index (χ1v) is 6.37. The molecule has 0 bridgehead atoms. The lowest BCUT2D eigenvalue weighted by atomic mass is 10.1. The van der Waals surface area contributed by atoms with Crippen molar-refractivity contribution in [1.29, 1.82) is 0 Å². The van der Waals surface area contributed by atoms with Crippen molar-refractivity contribution in [3.8, 4) is 0 Å². The van der Waals surface area contributed by atoms with E-state index < -0.39 is 0 Å². The van der Waals surface area contributed by atoms with Gasteiger partial charge in [-0.2, -0.15) is 0 Å². The molecule has 1 heterocycles. The lowest BCUT2D eigenvalue weighted by Crippen LogP contribution is -2.43. The number of ether oxygens (including phenoxy) is 1. The summed E-state index contributed by atoms with van der Waals surface area (Å²) in [5, 5.41) is 7.04. The molecule has 2 N–H and O–H groups in total. The van der Waals surface area contributed by atoms with Crippen LogP contribution in [-0.4, -0.2) is 38.4 Å². The van der Waals surface area contributed by atoms with Crippen molar-refractivity contribution in [2.24, 2.45) is 0 Å². The van der Waals surface area contributed by atoms with Crippen LogP contribution in [0.25, 0.3) is 0 Å². The Kier molecular flexibility index (Phi) is 6.98. The Balaban J connectivity index is 1.94. The third-order valence-electron chi connectivity index (χ3n) is 2.97. The smallest absolute Gasteiger partial charge is 0.0620 e. The largest absolute Gasteiger partial charge is 0.379 e. The van der Waals surface area contributed by atoms with Gasteiger partial charge in [0.1, 0.15) is 0 Å². The van der Waals surface area contributed by atoms with E-state index in [1.807, 2.05) is 0 Å². The highest BCUT2D eigenvalue weighted by atomic mass is 16.5. The first kappa shape index (κ1) is 12.9. The van der Waals surface area contributed by atoms with Gasteiger partial charge in [-0.1, -0.05) is 19.8 Å². The molecule has 1 saturated heterocycles. The fraction of sp³-hybridized carbons (Fsp3) is 1.00. The fourth-order valence-electron chi connectivity index (χ4n) is 1.92. The monoisotopic (exact) mass is 214 g/mol. The Morgan fingerprint density at radius 3 is 3.07 bits per heavy atom. The highest BCUT2D eigenvalue weighted by Crippen LogP contribution is 2.01. The molecule has 0 aromatic rings. The number of morpholine rings is 1. The van der Waals surface area contributed by atoms with E-state index in [4.69, 9.17) is 4.74 Å². The Morgan fingerprint density at radius 1 is 1.53 bits per heavy atom. The van der Waals surface area contributed by atoms with Crippen molar-refractivity contribution in [1.82, 2.24) is 10.6 Å². The summed E-state index contributed by atoms with van der Waals surface area (Å²) in [4.78, 5) is 0. The third-order valence-corrected chi connectivity index (χ3v) is 2.97. The molecule has 0 saturated carbocycles. The molecule has 0 spiro atoms. The third kappa shape index (κ3) is 6.13. The second kappa shape index (κ2) is 8.08. The van der Waals surface area contributed by atoms with Gasteiger partial charge in [-0.05, 0) is 26.3 Å². The van der Waals surface area contributed by atoms with Crippen molar-refractivity contribution in [2.75, 3.05) is 26.3 Å². The molecule has 3 nitrogen and oxygen atoms in total.